The van der Waals surface area contributed by atoms with Crippen LogP contribution in [0, 0.1) is 12.8 Å². The summed E-state index contributed by atoms with van der Waals surface area (Å²) in [7, 11) is 0. The fourth-order valence-electron chi connectivity index (χ4n) is 2.56. The van der Waals surface area contributed by atoms with Crippen molar-refractivity contribution in [3.63, 3.8) is 0 Å². The van der Waals surface area contributed by atoms with Gasteiger partial charge in [0.1, 0.15) is 0 Å². The Morgan fingerprint density at radius 2 is 1.74 bits per heavy atom. The number of carbonyl (C=O) groups is 2. The third-order valence-electron chi connectivity index (χ3n) is 4.01. The van der Waals surface area contributed by atoms with Crippen molar-refractivity contribution in [1.29, 1.82) is 0 Å². The van der Waals surface area contributed by atoms with Crippen molar-refractivity contribution in [1.82, 2.24) is 10.2 Å². The number of nitrogens with one attached hydrogen (secondary N) is 1. The molecule has 0 radical (unpaired) electrons. The van der Waals surface area contributed by atoms with Crippen LogP contribution in [0.4, 0.5) is 13.2 Å². The van der Waals surface area contributed by atoms with Crippen LogP contribution in [0.3, 0.4) is 0 Å². The molecule has 1 saturated heterocycles. The molecule has 2 rings (SSSR count). The quantitative estimate of drug-likeness (QED) is 0.927. The van der Waals surface area contributed by atoms with Gasteiger partial charge in [-0.3, -0.25) is 9.59 Å². The molecule has 2 amide bonds. The van der Waals surface area contributed by atoms with Gasteiger partial charge in [-0.15, -0.1) is 0 Å². The van der Waals surface area contributed by atoms with Crippen LogP contribution in [-0.2, 0) is 4.79 Å². The summed E-state index contributed by atoms with van der Waals surface area (Å²) < 4.78 is 36.4. The zero-order valence-corrected chi connectivity index (χ0v) is 12.8. The van der Waals surface area contributed by atoms with Gasteiger partial charge >= 0.3 is 12.1 Å². The van der Waals surface area contributed by atoms with Crippen molar-refractivity contribution in [2.24, 2.45) is 5.92 Å². The van der Waals surface area contributed by atoms with Gasteiger partial charge in [0.15, 0.2) is 0 Å². The predicted molar refractivity (Wildman–Crippen MR) is 78.9 cm³/mol. The highest BCUT2D eigenvalue weighted by atomic mass is 19.4. The molecule has 4 nitrogen and oxygen atoms in total. The fourth-order valence-corrected chi connectivity index (χ4v) is 2.56. The van der Waals surface area contributed by atoms with Crippen LogP contribution < -0.4 is 5.32 Å². The van der Waals surface area contributed by atoms with E-state index in [4.69, 9.17) is 0 Å². The molecule has 0 aliphatic carbocycles. The Labute approximate surface area is 132 Å². The molecule has 1 fully saturated rings. The Bertz CT molecular complexity index is 562. The molecule has 0 atom stereocenters. The minimum absolute atomic E-state index is 0.00902. The summed E-state index contributed by atoms with van der Waals surface area (Å²) in [5, 5.41) is 1.91. The van der Waals surface area contributed by atoms with Crippen LogP contribution in [0.5, 0.6) is 0 Å². The molecule has 0 bridgehead atoms. The maximum Gasteiger partial charge on any atom is 0.471 e. The topological polar surface area (TPSA) is 49.4 Å². The number of halogens is 3. The van der Waals surface area contributed by atoms with E-state index < -0.39 is 12.1 Å². The monoisotopic (exact) mass is 328 g/mol. The average molecular weight is 328 g/mol. The molecule has 1 aliphatic rings. The highest BCUT2D eigenvalue weighted by Gasteiger charge is 2.38. The maximum atomic E-state index is 12.3. The van der Waals surface area contributed by atoms with Gasteiger partial charge in [-0.2, -0.15) is 13.2 Å². The molecular weight excluding hydrogens is 309 g/mol. The van der Waals surface area contributed by atoms with Gasteiger partial charge in [0, 0.05) is 25.2 Å². The number of nitrogens with zero attached hydrogens (tertiary/aromatic N) is 1. The van der Waals surface area contributed by atoms with Crippen LogP contribution >= 0.6 is 0 Å². The largest absolute Gasteiger partial charge is 0.471 e. The van der Waals surface area contributed by atoms with Crippen LogP contribution in [0.1, 0.15) is 28.8 Å². The van der Waals surface area contributed by atoms with E-state index in [0.29, 0.717) is 31.5 Å². The van der Waals surface area contributed by atoms with E-state index >= 15 is 0 Å². The standard InChI is InChI=1S/C16H19F3N2O2/c1-11-2-4-13(5-3-11)14(22)21-8-6-12(7-9-21)10-20-15(23)16(17,18)19/h2-5,12H,6-10H2,1H3,(H,20,23). The van der Waals surface area contributed by atoms with Crippen molar-refractivity contribution in [2.45, 2.75) is 25.9 Å². The lowest BCUT2D eigenvalue weighted by Gasteiger charge is -2.32. The lowest BCUT2D eigenvalue weighted by molar-refractivity contribution is -0.173. The fraction of sp³-hybridized carbons (Fsp3) is 0.500. The molecule has 1 aromatic carbocycles. The lowest BCUT2D eigenvalue weighted by Crippen LogP contribution is -2.44. The Morgan fingerprint density at radius 1 is 1.17 bits per heavy atom. The number of amides is 2. The third kappa shape index (κ3) is 4.71. The summed E-state index contributed by atoms with van der Waals surface area (Å²) in [4.78, 5) is 24.8. The molecule has 0 unspecified atom stereocenters. The highest BCUT2D eigenvalue weighted by Crippen LogP contribution is 2.20. The zero-order valence-electron chi connectivity index (χ0n) is 12.8. The van der Waals surface area contributed by atoms with E-state index in [1.165, 1.54) is 0 Å². The Morgan fingerprint density at radius 3 is 2.26 bits per heavy atom. The average Bonchev–Trinajstić information content (AvgIpc) is 2.52. The molecule has 23 heavy (non-hydrogen) atoms. The molecule has 0 saturated carbocycles. The first-order valence-electron chi connectivity index (χ1n) is 7.48. The van der Waals surface area contributed by atoms with E-state index in [9.17, 15) is 22.8 Å². The first-order valence-corrected chi connectivity index (χ1v) is 7.48. The Balaban J connectivity index is 1.81. The van der Waals surface area contributed by atoms with Gasteiger partial charge < -0.3 is 10.2 Å². The molecule has 7 heteroatoms. The Hall–Kier alpha value is -2.05. The van der Waals surface area contributed by atoms with Crippen LogP contribution in [0.25, 0.3) is 0 Å². The number of rotatable bonds is 3. The second-order valence-corrected chi connectivity index (χ2v) is 5.81. The number of benzene rings is 1. The number of hydrogen-bond acceptors (Lipinski definition) is 2. The molecule has 1 aromatic rings. The lowest BCUT2D eigenvalue weighted by atomic mass is 9.96. The summed E-state index contributed by atoms with van der Waals surface area (Å²) in [5.41, 5.74) is 1.68. The highest BCUT2D eigenvalue weighted by molar-refractivity contribution is 5.94. The van der Waals surface area contributed by atoms with Crippen molar-refractivity contribution in [2.75, 3.05) is 19.6 Å². The van der Waals surface area contributed by atoms with Crippen molar-refractivity contribution >= 4 is 11.8 Å². The van der Waals surface area contributed by atoms with Crippen LogP contribution in [0.15, 0.2) is 24.3 Å². The normalized spacial score (nSPS) is 16.3. The number of piperidine rings is 1. The third-order valence-corrected chi connectivity index (χ3v) is 4.01. The van der Waals surface area contributed by atoms with Gasteiger partial charge in [0.2, 0.25) is 0 Å². The number of hydrogen-bond donors (Lipinski definition) is 1. The molecule has 126 valence electrons. The summed E-state index contributed by atoms with van der Waals surface area (Å²) in [5.74, 6) is -2.01. The van der Waals surface area contributed by atoms with Crippen molar-refractivity contribution in [3.05, 3.63) is 35.4 Å². The maximum absolute atomic E-state index is 12.3. The summed E-state index contributed by atoms with van der Waals surface area (Å²) in [6.45, 7) is 2.90. The second kappa shape index (κ2) is 7.02. The van der Waals surface area contributed by atoms with E-state index in [-0.39, 0.29) is 18.4 Å². The number of alkyl halides is 3. The molecular formula is C16H19F3N2O2. The number of likely N-dealkylation sites (tertiary alicyclic amines) is 1. The smallest absolute Gasteiger partial charge is 0.348 e. The molecule has 1 heterocycles. The van der Waals surface area contributed by atoms with E-state index in [2.05, 4.69) is 0 Å². The number of carbonyl (C=O) groups excluding carboxylic acids is 2. The van der Waals surface area contributed by atoms with Gasteiger partial charge in [-0.25, -0.2) is 0 Å². The molecule has 0 aromatic heterocycles. The number of aryl methyl sites for hydroxylation is 1. The van der Waals surface area contributed by atoms with Crippen molar-refractivity contribution < 1.29 is 22.8 Å². The molecule has 1 aliphatic heterocycles. The van der Waals surface area contributed by atoms with Gasteiger partial charge in [-0.05, 0) is 37.8 Å². The first kappa shape index (κ1) is 17.3. The minimum Gasteiger partial charge on any atom is -0.348 e. The second-order valence-electron chi connectivity index (χ2n) is 5.81. The van der Waals surface area contributed by atoms with E-state index in [1.807, 2.05) is 24.4 Å². The summed E-state index contributed by atoms with van der Waals surface area (Å²) >= 11 is 0. The van der Waals surface area contributed by atoms with Crippen LogP contribution in [-0.4, -0.2) is 42.5 Å². The van der Waals surface area contributed by atoms with E-state index in [1.54, 1.807) is 17.0 Å². The first-order chi connectivity index (χ1) is 10.8. The molecule has 1 N–H and O–H groups in total. The van der Waals surface area contributed by atoms with Crippen LogP contribution in [0.2, 0.25) is 0 Å². The molecule has 0 spiro atoms. The SMILES string of the molecule is Cc1ccc(C(=O)N2CCC(CNC(=O)C(F)(F)F)CC2)cc1. The van der Waals surface area contributed by atoms with Gasteiger partial charge in [0.25, 0.3) is 5.91 Å². The zero-order chi connectivity index (χ0) is 17.0. The Kier molecular flexibility index (Phi) is 5.28. The summed E-state index contributed by atoms with van der Waals surface area (Å²) in [6.07, 6.45) is -3.69. The summed E-state index contributed by atoms with van der Waals surface area (Å²) in [6, 6.07) is 7.28. The van der Waals surface area contributed by atoms with Gasteiger partial charge in [-0.1, -0.05) is 17.7 Å². The van der Waals surface area contributed by atoms with Gasteiger partial charge in [0.05, 0.1) is 0 Å². The van der Waals surface area contributed by atoms with E-state index in [0.717, 1.165) is 5.56 Å². The predicted octanol–water partition coefficient (Wildman–Crippen LogP) is 2.53. The minimum atomic E-state index is -4.85. The van der Waals surface area contributed by atoms with Crippen molar-refractivity contribution in [3.8, 4) is 0 Å².